The van der Waals surface area contributed by atoms with E-state index < -0.39 is 0 Å². The molecule has 2 amide bonds. The van der Waals surface area contributed by atoms with Gasteiger partial charge in [-0.05, 0) is 36.4 Å². The Morgan fingerprint density at radius 3 is 1.41 bits per heavy atom. The summed E-state index contributed by atoms with van der Waals surface area (Å²) in [5.74, 6) is -0.703. The van der Waals surface area contributed by atoms with Crippen LogP contribution in [0.3, 0.4) is 0 Å². The quantitative estimate of drug-likeness (QED) is 0.622. The Bertz CT molecular complexity index is 810. The molecule has 27 heavy (non-hydrogen) atoms. The number of para-hydroxylation sites is 2. The molecule has 9 heteroatoms. The van der Waals surface area contributed by atoms with Gasteiger partial charge in [0, 0.05) is 12.4 Å². The number of rotatable bonds is 4. The number of nitrogens with zero attached hydrogens (tertiary/aromatic N) is 2. The van der Waals surface area contributed by atoms with Crippen LogP contribution in [0.4, 0.5) is 11.4 Å². The summed E-state index contributed by atoms with van der Waals surface area (Å²) in [6.45, 7) is 0. The molecule has 2 heterocycles. The van der Waals surface area contributed by atoms with E-state index in [1.165, 1.54) is 0 Å². The van der Waals surface area contributed by atoms with Crippen molar-refractivity contribution in [2.45, 2.75) is 0 Å². The molecule has 0 atom stereocenters. The second-order valence-electron chi connectivity index (χ2n) is 4.93. The molecule has 0 bridgehead atoms. The van der Waals surface area contributed by atoms with Gasteiger partial charge in [-0.1, -0.05) is 24.3 Å². The van der Waals surface area contributed by atoms with Crippen molar-refractivity contribution in [2.24, 2.45) is 0 Å². The van der Waals surface area contributed by atoms with Crippen LogP contribution in [0.25, 0.3) is 0 Å². The molecule has 2 aromatic heterocycles. The molecule has 0 aliphatic heterocycles. The molecule has 3 aromatic rings. The summed E-state index contributed by atoms with van der Waals surface area (Å²) in [6, 6.07) is 17.1. The molecule has 141 valence electrons. The minimum absolute atomic E-state index is 0.295. The molecule has 1 aromatic carbocycles. The summed E-state index contributed by atoms with van der Waals surface area (Å²) in [6.07, 6.45) is 3.09. The number of anilines is 2. The molecule has 0 saturated heterocycles. The first-order valence-corrected chi connectivity index (χ1v) is 10.4. The van der Waals surface area contributed by atoms with Gasteiger partial charge in [-0.15, -0.1) is 0 Å². The van der Waals surface area contributed by atoms with Gasteiger partial charge < -0.3 is 10.6 Å². The zero-order valence-electron chi connectivity index (χ0n) is 13.7. The van der Waals surface area contributed by atoms with Crippen molar-refractivity contribution < 1.29 is 22.5 Å². The normalized spacial score (nSPS) is 9.70. The fraction of sp³-hybridized carbons (Fsp3) is 0. The van der Waals surface area contributed by atoms with Gasteiger partial charge >= 0.3 is 33.2 Å². The Morgan fingerprint density at radius 1 is 0.704 bits per heavy atom. The molecule has 0 saturated carbocycles. The van der Waals surface area contributed by atoms with Crippen molar-refractivity contribution in [2.75, 3.05) is 10.6 Å². The van der Waals surface area contributed by atoms with Crippen molar-refractivity contribution >= 4 is 43.5 Å². The van der Waals surface area contributed by atoms with Crippen LogP contribution in [-0.4, -0.2) is 21.8 Å². The Kier molecular flexibility index (Phi) is 8.73. The van der Waals surface area contributed by atoms with Crippen molar-refractivity contribution in [3.8, 4) is 0 Å². The standard InChI is InChI=1S/C18H14N4O2.2ClH.Co/c23-17(15-9-3-5-11-19-15)21-13-7-1-2-8-14(13)22-18(24)16-10-4-6-12-20-16;;;/h1-12H,(H,21,23)(H,22,24);2*1H;/q;;;+2/p-2. The molecule has 6 nitrogen and oxygen atoms in total. The van der Waals surface area contributed by atoms with Crippen LogP contribution in [0.5, 0.6) is 0 Å². The fourth-order valence-corrected chi connectivity index (χ4v) is 2.07. The first-order chi connectivity index (χ1) is 13.2. The number of amides is 2. The summed E-state index contributed by atoms with van der Waals surface area (Å²) < 4.78 is 0. The Balaban J connectivity index is 0.000000817. The van der Waals surface area contributed by atoms with Gasteiger partial charge in [0.1, 0.15) is 11.4 Å². The third-order valence-electron chi connectivity index (χ3n) is 3.22. The summed E-state index contributed by atoms with van der Waals surface area (Å²) in [5, 5.41) is 5.49. The molecule has 2 N–H and O–H groups in total. The predicted octanol–water partition coefficient (Wildman–Crippen LogP) is 4.36. The van der Waals surface area contributed by atoms with Crippen LogP contribution in [0.2, 0.25) is 0 Å². The number of hydrogen-bond acceptors (Lipinski definition) is 4. The first kappa shape index (κ1) is 20.9. The predicted molar refractivity (Wildman–Crippen MR) is 103 cm³/mol. The summed E-state index contributed by atoms with van der Waals surface area (Å²) >= 11 is 0.382. The number of aromatic nitrogens is 2. The SMILES string of the molecule is O=C(Nc1ccccc1NC(=O)c1ccccn1)c1ccccn1.[Cl][Co][Cl]. The monoisotopic (exact) mass is 447 g/mol. The molecule has 0 spiro atoms. The topological polar surface area (TPSA) is 84.0 Å². The van der Waals surface area contributed by atoms with E-state index in [1.54, 1.807) is 73.1 Å². The maximum absolute atomic E-state index is 12.2. The van der Waals surface area contributed by atoms with Gasteiger partial charge in [-0.2, -0.15) is 0 Å². The van der Waals surface area contributed by atoms with E-state index in [0.717, 1.165) is 0 Å². The molecular weight excluding hydrogens is 434 g/mol. The zero-order chi connectivity index (χ0) is 19.5. The zero-order valence-corrected chi connectivity index (χ0v) is 16.3. The van der Waals surface area contributed by atoms with E-state index in [-0.39, 0.29) is 11.8 Å². The third-order valence-corrected chi connectivity index (χ3v) is 3.22. The van der Waals surface area contributed by atoms with Gasteiger partial charge in [-0.25, -0.2) is 0 Å². The first-order valence-electron chi connectivity index (χ1n) is 7.53. The van der Waals surface area contributed by atoms with E-state index >= 15 is 0 Å². The second-order valence-corrected chi connectivity index (χ2v) is 6.65. The minimum atomic E-state index is -0.352. The van der Waals surface area contributed by atoms with E-state index in [4.69, 9.17) is 20.3 Å². The van der Waals surface area contributed by atoms with Crippen LogP contribution in [0, 0.1) is 0 Å². The molecule has 0 aliphatic carbocycles. The number of halogens is 2. The second kappa shape index (κ2) is 11.3. The third kappa shape index (κ3) is 6.65. The van der Waals surface area contributed by atoms with Crippen LogP contribution < -0.4 is 10.6 Å². The molecule has 0 fully saturated rings. The van der Waals surface area contributed by atoms with Crippen molar-refractivity contribution in [3.63, 3.8) is 0 Å². The fourth-order valence-electron chi connectivity index (χ4n) is 2.07. The van der Waals surface area contributed by atoms with Crippen LogP contribution in [-0.2, 0) is 12.9 Å². The number of nitrogens with one attached hydrogen (secondary N) is 2. The van der Waals surface area contributed by atoms with Crippen LogP contribution >= 0.6 is 20.3 Å². The molecular formula is C18H14Cl2CoN4O2. The maximum atomic E-state index is 12.2. The van der Waals surface area contributed by atoms with Crippen LogP contribution in [0.1, 0.15) is 21.0 Å². The van der Waals surface area contributed by atoms with Crippen molar-refractivity contribution in [3.05, 3.63) is 84.4 Å². The van der Waals surface area contributed by atoms with Gasteiger partial charge in [0.25, 0.3) is 11.8 Å². The van der Waals surface area contributed by atoms with Gasteiger partial charge in [-0.3, -0.25) is 19.6 Å². The molecule has 0 radical (unpaired) electrons. The average Bonchev–Trinajstić information content (AvgIpc) is 2.71. The molecule has 3 rings (SSSR count). The number of pyridine rings is 2. The Labute approximate surface area is 170 Å². The average molecular weight is 448 g/mol. The number of benzene rings is 1. The summed E-state index contributed by atoms with van der Waals surface area (Å²) in [7, 11) is 9.47. The number of carbonyl (C=O) groups excluding carboxylic acids is 2. The number of carbonyl (C=O) groups is 2. The van der Waals surface area contributed by atoms with E-state index in [9.17, 15) is 9.59 Å². The van der Waals surface area contributed by atoms with Crippen molar-refractivity contribution in [1.29, 1.82) is 0 Å². The van der Waals surface area contributed by atoms with E-state index in [0.29, 0.717) is 35.7 Å². The van der Waals surface area contributed by atoms with Gasteiger partial charge in [0.05, 0.1) is 11.4 Å². The van der Waals surface area contributed by atoms with Crippen LogP contribution in [0.15, 0.2) is 73.1 Å². The van der Waals surface area contributed by atoms with Gasteiger partial charge in [0.2, 0.25) is 0 Å². The Morgan fingerprint density at radius 2 is 1.07 bits per heavy atom. The van der Waals surface area contributed by atoms with Crippen molar-refractivity contribution in [1.82, 2.24) is 9.97 Å². The summed E-state index contributed by atoms with van der Waals surface area (Å²) in [5.41, 5.74) is 1.56. The number of hydrogen-bond donors (Lipinski definition) is 2. The summed E-state index contributed by atoms with van der Waals surface area (Å²) in [4.78, 5) is 32.5. The molecule has 0 unspecified atom stereocenters. The molecule has 0 aliphatic rings. The van der Waals surface area contributed by atoms with E-state index in [1.807, 2.05) is 0 Å². The van der Waals surface area contributed by atoms with E-state index in [2.05, 4.69) is 20.6 Å². The Hall–Kier alpha value is -2.45. The van der Waals surface area contributed by atoms with Gasteiger partial charge in [0.15, 0.2) is 0 Å².